The molecule has 0 heterocycles. The van der Waals surface area contributed by atoms with Crippen molar-refractivity contribution in [3.8, 4) is 0 Å². The van der Waals surface area contributed by atoms with Crippen LogP contribution < -0.4 is 11.5 Å². The van der Waals surface area contributed by atoms with Gasteiger partial charge >= 0.3 is 11.9 Å². The first-order chi connectivity index (χ1) is 7.52. The van der Waals surface area contributed by atoms with E-state index in [1.165, 1.54) is 0 Å². The molecule has 0 bridgehead atoms. The Kier molecular flexibility index (Phi) is 16.2. The molecule has 0 amide bonds. The maximum Gasteiger partial charge on any atom is 0.322 e. The Morgan fingerprint density at radius 3 is 1.39 bits per heavy atom. The lowest BCUT2D eigenvalue weighted by molar-refractivity contribution is -0.147. The summed E-state index contributed by atoms with van der Waals surface area (Å²) in [4.78, 5) is 22.3. The second-order valence-electron chi connectivity index (χ2n) is 3.29. The van der Waals surface area contributed by atoms with E-state index in [0.717, 1.165) is 0 Å². The topological polar surface area (TPSA) is 105 Å². The molecule has 0 radical (unpaired) electrons. The van der Waals surface area contributed by atoms with Crippen molar-refractivity contribution in [3.63, 3.8) is 0 Å². The molecule has 0 aromatic rings. The van der Waals surface area contributed by atoms with Gasteiger partial charge in [-0.3, -0.25) is 9.59 Å². The normalized spacial score (nSPS) is 12.4. The number of esters is 2. The third-order valence-electron chi connectivity index (χ3n) is 1.97. The molecule has 0 aliphatic heterocycles. The number of nitrogens with two attached hydrogens (primary N) is 2. The minimum atomic E-state index is -0.736. The van der Waals surface area contributed by atoms with Gasteiger partial charge in [-0.05, 0) is 26.7 Å². The average molecular weight is 305 g/mol. The van der Waals surface area contributed by atoms with Crippen LogP contribution in [-0.4, -0.2) is 37.2 Å². The van der Waals surface area contributed by atoms with Crippen LogP contribution in [0.5, 0.6) is 0 Å². The van der Waals surface area contributed by atoms with E-state index in [-0.39, 0.29) is 38.0 Å². The summed E-state index contributed by atoms with van der Waals surface area (Å²) in [6, 6.07) is -1.47. The molecule has 0 saturated carbocycles. The first-order valence-electron chi connectivity index (χ1n) is 5.37. The van der Waals surface area contributed by atoms with E-state index in [4.69, 9.17) is 20.9 Å². The van der Waals surface area contributed by atoms with Crippen molar-refractivity contribution in [2.75, 3.05) is 13.2 Å². The summed E-state index contributed by atoms with van der Waals surface area (Å²) in [6.07, 6.45) is 0.609. The second-order valence-corrected chi connectivity index (χ2v) is 3.29. The highest BCUT2D eigenvalue weighted by Crippen LogP contribution is 2.02. The average Bonchev–Trinajstić information content (AvgIpc) is 2.25. The minimum Gasteiger partial charge on any atom is -0.465 e. The van der Waals surface area contributed by atoms with E-state index in [0.29, 0.717) is 12.8 Å². The lowest BCUT2D eigenvalue weighted by atomic mass is 10.1. The van der Waals surface area contributed by atoms with E-state index in [9.17, 15) is 9.59 Å². The van der Waals surface area contributed by atoms with Gasteiger partial charge in [-0.15, -0.1) is 24.8 Å². The highest BCUT2D eigenvalue weighted by molar-refractivity contribution is 5.85. The predicted molar refractivity (Wildman–Crippen MR) is 72.9 cm³/mol. The van der Waals surface area contributed by atoms with Crippen molar-refractivity contribution in [3.05, 3.63) is 0 Å². The summed E-state index contributed by atoms with van der Waals surface area (Å²) in [7, 11) is 0. The molecular weight excluding hydrogens is 283 g/mol. The van der Waals surface area contributed by atoms with Crippen LogP contribution in [-0.2, 0) is 19.1 Å². The summed E-state index contributed by atoms with van der Waals surface area (Å²) < 4.78 is 9.45. The maximum atomic E-state index is 11.1. The summed E-state index contributed by atoms with van der Waals surface area (Å²) in [5.41, 5.74) is 11.1. The molecule has 6 nitrogen and oxygen atoms in total. The van der Waals surface area contributed by atoms with Crippen molar-refractivity contribution in [2.45, 2.75) is 38.8 Å². The number of halogens is 2. The molecule has 2 unspecified atom stereocenters. The molecule has 0 aliphatic rings. The number of carbonyl (C=O) groups excluding carboxylic acids is 2. The largest absolute Gasteiger partial charge is 0.465 e. The molecule has 2 atom stereocenters. The summed E-state index contributed by atoms with van der Waals surface area (Å²) >= 11 is 0. The predicted octanol–water partition coefficient (Wildman–Crippen LogP) is 0.391. The number of ether oxygens (including phenoxy) is 2. The van der Waals surface area contributed by atoms with Gasteiger partial charge in [0.1, 0.15) is 12.1 Å². The van der Waals surface area contributed by atoms with Crippen LogP contribution in [0.25, 0.3) is 0 Å². The minimum absolute atomic E-state index is 0. The Labute approximate surface area is 120 Å². The van der Waals surface area contributed by atoms with Crippen LogP contribution in [0, 0.1) is 0 Å². The van der Waals surface area contributed by atoms with Crippen molar-refractivity contribution >= 4 is 36.8 Å². The fourth-order valence-corrected chi connectivity index (χ4v) is 1.09. The Morgan fingerprint density at radius 1 is 0.889 bits per heavy atom. The van der Waals surface area contributed by atoms with E-state index >= 15 is 0 Å². The highest BCUT2D eigenvalue weighted by Gasteiger charge is 2.19. The SMILES string of the molecule is CCOC(=O)C(N)CCC(N)C(=O)OCC.Cl.Cl. The third-order valence-corrected chi connectivity index (χ3v) is 1.97. The summed E-state index contributed by atoms with van der Waals surface area (Å²) in [5.74, 6) is -0.947. The van der Waals surface area contributed by atoms with Gasteiger partial charge in [-0.2, -0.15) is 0 Å². The zero-order valence-electron chi connectivity index (χ0n) is 10.6. The van der Waals surface area contributed by atoms with Gasteiger partial charge in [-0.25, -0.2) is 0 Å². The van der Waals surface area contributed by atoms with E-state index in [1.807, 2.05) is 0 Å². The highest BCUT2D eigenvalue weighted by atomic mass is 35.5. The smallest absolute Gasteiger partial charge is 0.322 e. The second kappa shape index (κ2) is 12.9. The molecule has 4 N–H and O–H groups in total. The van der Waals surface area contributed by atoms with Crippen LogP contribution in [0.15, 0.2) is 0 Å². The van der Waals surface area contributed by atoms with E-state index in [2.05, 4.69) is 0 Å². The van der Waals surface area contributed by atoms with Crippen LogP contribution in [0.1, 0.15) is 26.7 Å². The quantitative estimate of drug-likeness (QED) is 0.659. The molecule has 0 fully saturated rings. The fraction of sp³-hybridized carbons (Fsp3) is 0.800. The van der Waals surface area contributed by atoms with Crippen LogP contribution >= 0.6 is 24.8 Å². The molecule has 0 saturated heterocycles. The van der Waals surface area contributed by atoms with Crippen molar-refractivity contribution in [2.24, 2.45) is 11.5 Å². The first kappa shape index (κ1) is 22.6. The van der Waals surface area contributed by atoms with Gasteiger partial charge in [-0.1, -0.05) is 0 Å². The standard InChI is InChI=1S/C10H20N2O4.2ClH/c1-3-15-9(13)7(11)5-6-8(12)10(14)16-4-2;;/h7-8H,3-6,11-12H2,1-2H3;2*1H. The molecule has 0 aliphatic carbocycles. The van der Waals surface area contributed by atoms with Crippen molar-refractivity contribution in [1.82, 2.24) is 0 Å². The molecular formula is C10H22Cl2N2O4. The Hall–Kier alpha value is -0.560. The van der Waals surface area contributed by atoms with Crippen molar-refractivity contribution in [1.29, 1.82) is 0 Å². The number of carbonyl (C=O) groups is 2. The van der Waals surface area contributed by atoms with E-state index < -0.39 is 24.0 Å². The van der Waals surface area contributed by atoms with Crippen LogP contribution in [0.2, 0.25) is 0 Å². The number of hydrogen-bond donors (Lipinski definition) is 2. The van der Waals surface area contributed by atoms with Gasteiger partial charge in [0.25, 0.3) is 0 Å². The molecule has 110 valence electrons. The lowest BCUT2D eigenvalue weighted by Gasteiger charge is -2.13. The first-order valence-corrected chi connectivity index (χ1v) is 5.37. The molecule has 0 rings (SSSR count). The van der Waals surface area contributed by atoms with Crippen LogP contribution in [0.3, 0.4) is 0 Å². The Balaban J connectivity index is -0.00000112. The van der Waals surface area contributed by atoms with Gasteiger partial charge in [0.05, 0.1) is 13.2 Å². The zero-order chi connectivity index (χ0) is 12.6. The van der Waals surface area contributed by atoms with Crippen LogP contribution in [0.4, 0.5) is 0 Å². The Bertz CT molecular complexity index is 218. The molecule has 18 heavy (non-hydrogen) atoms. The lowest BCUT2D eigenvalue weighted by Crippen LogP contribution is -2.37. The molecule has 0 spiro atoms. The molecule has 0 aromatic carbocycles. The summed E-state index contributed by atoms with van der Waals surface area (Å²) in [5, 5.41) is 0. The number of rotatable bonds is 7. The molecule has 0 aromatic heterocycles. The van der Waals surface area contributed by atoms with Gasteiger partial charge in [0, 0.05) is 0 Å². The van der Waals surface area contributed by atoms with Crippen molar-refractivity contribution < 1.29 is 19.1 Å². The monoisotopic (exact) mass is 304 g/mol. The van der Waals surface area contributed by atoms with Gasteiger partial charge in [0.15, 0.2) is 0 Å². The summed E-state index contributed by atoms with van der Waals surface area (Å²) in [6.45, 7) is 3.98. The van der Waals surface area contributed by atoms with Gasteiger partial charge in [0.2, 0.25) is 0 Å². The van der Waals surface area contributed by atoms with Gasteiger partial charge < -0.3 is 20.9 Å². The van der Waals surface area contributed by atoms with E-state index in [1.54, 1.807) is 13.8 Å². The molecule has 8 heteroatoms. The third kappa shape index (κ3) is 9.47. The maximum absolute atomic E-state index is 11.1. The fourth-order valence-electron chi connectivity index (χ4n) is 1.09. The Morgan fingerprint density at radius 2 is 1.17 bits per heavy atom. The number of hydrogen-bond acceptors (Lipinski definition) is 6. The zero-order valence-corrected chi connectivity index (χ0v) is 12.2.